The molecule has 1 unspecified atom stereocenters. The molecule has 0 amide bonds. The van der Waals surface area contributed by atoms with E-state index in [1.807, 2.05) is 0 Å². The van der Waals surface area contributed by atoms with E-state index < -0.39 is 0 Å². The molecule has 0 saturated carbocycles. The van der Waals surface area contributed by atoms with Gasteiger partial charge in [-0.25, -0.2) is 0 Å². The van der Waals surface area contributed by atoms with Crippen LogP contribution in [0.3, 0.4) is 0 Å². The topological polar surface area (TPSA) is 0 Å². The Kier molecular flexibility index (Phi) is 10.3. The van der Waals surface area contributed by atoms with Gasteiger partial charge in [0.25, 0.3) is 0 Å². The number of rotatable bonds is 5. The van der Waals surface area contributed by atoms with E-state index in [-0.39, 0.29) is 46.4 Å². The number of halogens is 3. The van der Waals surface area contributed by atoms with E-state index in [2.05, 4.69) is 144 Å². The molecular weight excluding hydrogens is 479 g/mol. The van der Waals surface area contributed by atoms with Crippen LogP contribution in [0.2, 0.25) is 3.72 Å². The van der Waals surface area contributed by atoms with Crippen LogP contribution in [0.25, 0.3) is 0 Å². The third-order valence-electron chi connectivity index (χ3n) is 5.84. The maximum atomic E-state index is 2.49. The van der Waals surface area contributed by atoms with E-state index in [1.54, 1.807) is 0 Å². The van der Waals surface area contributed by atoms with Gasteiger partial charge in [0.2, 0.25) is 0 Å². The predicted octanol–water partition coefficient (Wildman–Crippen LogP) is -2.11. The van der Waals surface area contributed by atoms with Crippen LogP contribution in [0.4, 0.5) is 0 Å². The fourth-order valence-corrected chi connectivity index (χ4v) is 5.53. The quantitative estimate of drug-likeness (QED) is 0.276. The van der Waals surface area contributed by atoms with Crippen LogP contribution in [0, 0.1) is 5.92 Å². The average Bonchev–Trinajstić information content (AvgIpc) is 3.15. The summed E-state index contributed by atoms with van der Waals surface area (Å²) in [6.07, 6.45) is 7.23. The van der Waals surface area contributed by atoms with Crippen LogP contribution >= 0.6 is 0 Å². The molecule has 1 aliphatic carbocycles. The summed E-state index contributed by atoms with van der Waals surface area (Å²) >= 11 is 2.38. The molecule has 0 heterocycles. The first-order valence-electron chi connectivity index (χ1n) is 9.91. The van der Waals surface area contributed by atoms with E-state index >= 15 is 0 Å². The molecule has 3 aromatic rings. The first-order valence-corrected chi connectivity index (χ1v) is 10.7. The molecule has 0 fully saturated rings. The minimum absolute atomic E-state index is 0. The molecule has 4 heteroatoms. The van der Waals surface area contributed by atoms with Crippen LogP contribution in [0.15, 0.2) is 115 Å². The molecular formula is C27H25Cl3Ti. The van der Waals surface area contributed by atoms with Gasteiger partial charge in [-0.1, -0.05) is 0 Å². The molecule has 0 saturated heterocycles. The van der Waals surface area contributed by atoms with E-state index in [0.29, 0.717) is 5.92 Å². The number of allylic oxidation sites excluding steroid dienone is 4. The average molecular weight is 504 g/mol. The Balaban J connectivity index is 0.00000160. The molecule has 31 heavy (non-hydrogen) atoms. The Morgan fingerprint density at radius 2 is 1.00 bits per heavy atom. The zero-order valence-electron chi connectivity index (χ0n) is 17.6. The van der Waals surface area contributed by atoms with E-state index in [9.17, 15) is 0 Å². The van der Waals surface area contributed by atoms with Gasteiger partial charge in [0.05, 0.1) is 0 Å². The molecule has 4 rings (SSSR count). The number of hydrogen-bond acceptors (Lipinski definition) is 0. The van der Waals surface area contributed by atoms with Gasteiger partial charge in [-0.05, 0) is 0 Å². The summed E-state index contributed by atoms with van der Waals surface area (Å²) in [6, 6.07) is 32.9. The molecule has 0 aliphatic heterocycles. The van der Waals surface area contributed by atoms with Crippen molar-refractivity contribution in [2.45, 2.75) is 23.0 Å². The van der Waals surface area contributed by atoms with Gasteiger partial charge in [-0.15, -0.1) is 0 Å². The second-order valence-corrected chi connectivity index (χ2v) is 9.14. The minimum atomic E-state index is -0.302. The summed E-state index contributed by atoms with van der Waals surface area (Å²) in [5, 5.41) is 0. The van der Waals surface area contributed by atoms with Crippen molar-refractivity contribution in [1.29, 1.82) is 0 Å². The largest absolute Gasteiger partial charge is 1.00 e. The Bertz CT molecular complexity index is 902. The fourth-order valence-electron chi connectivity index (χ4n) is 4.46. The zero-order valence-corrected chi connectivity index (χ0v) is 21.4. The van der Waals surface area contributed by atoms with Gasteiger partial charge in [-0.2, -0.15) is 0 Å². The molecule has 158 valence electrons. The summed E-state index contributed by atoms with van der Waals surface area (Å²) in [7, 11) is 0. The maximum absolute atomic E-state index is 2.49. The minimum Gasteiger partial charge on any atom is -1.00 e. The van der Waals surface area contributed by atoms with E-state index in [4.69, 9.17) is 0 Å². The van der Waals surface area contributed by atoms with Crippen molar-refractivity contribution in [2.24, 2.45) is 5.92 Å². The Labute approximate surface area is 216 Å². The summed E-state index contributed by atoms with van der Waals surface area (Å²) in [6.45, 7) is 4.55. The van der Waals surface area contributed by atoms with Gasteiger partial charge in [0.1, 0.15) is 0 Å². The molecule has 3 aromatic carbocycles. The zero-order chi connectivity index (χ0) is 19.6. The maximum Gasteiger partial charge on any atom is -1.00 e. The molecule has 0 bridgehead atoms. The first-order chi connectivity index (χ1) is 13.6. The van der Waals surface area contributed by atoms with Crippen molar-refractivity contribution in [3.8, 4) is 0 Å². The van der Waals surface area contributed by atoms with Crippen molar-refractivity contribution in [3.63, 3.8) is 0 Å². The summed E-state index contributed by atoms with van der Waals surface area (Å²) < 4.78 is -0.170. The van der Waals surface area contributed by atoms with Crippen LogP contribution < -0.4 is 37.2 Å². The molecule has 0 spiro atoms. The third kappa shape index (κ3) is 4.90. The van der Waals surface area contributed by atoms with Gasteiger partial charge in [-0.3, -0.25) is 0 Å². The second-order valence-electron chi connectivity index (χ2n) is 7.85. The molecule has 1 aliphatic rings. The SMILES string of the molecule is CC(C)C1=C[C]([Ti+3])(C(c2ccccc2)(c2ccccc2)c2ccccc2)C=C1.[Cl-].[Cl-].[Cl-]. The van der Waals surface area contributed by atoms with Gasteiger partial charge in [0, 0.05) is 0 Å². The van der Waals surface area contributed by atoms with Crippen molar-refractivity contribution in [1.82, 2.24) is 0 Å². The van der Waals surface area contributed by atoms with Crippen molar-refractivity contribution in [2.75, 3.05) is 0 Å². The molecule has 0 N–H and O–H groups in total. The normalized spacial score (nSPS) is 17.3. The summed E-state index contributed by atoms with van der Waals surface area (Å²) in [5.74, 6) is 0.512. The van der Waals surface area contributed by atoms with E-state index in [1.165, 1.54) is 22.3 Å². The van der Waals surface area contributed by atoms with Crippen molar-refractivity contribution in [3.05, 3.63) is 131 Å². The standard InChI is InChI=1S/C27H25.3ClH.Ti/c1-21(2)22-18-19-26(20-22)27(23-12-6-3-7-13-23,24-14-8-4-9-15-24)25-16-10-5-11-17-25;;;;/h3-21H,1-2H3;3*1H;/q;;;;+3/p-3. The van der Waals surface area contributed by atoms with Crippen LogP contribution in [-0.4, -0.2) is 0 Å². The monoisotopic (exact) mass is 502 g/mol. The smallest absolute Gasteiger partial charge is 1.00 e. The third-order valence-corrected chi connectivity index (χ3v) is 6.91. The van der Waals surface area contributed by atoms with Crippen molar-refractivity contribution < 1.29 is 57.7 Å². The molecule has 0 aromatic heterocycles. The van der Waals surface area contributed by atoms with Crippen LogP contribution in [0.1, 0.15) is 30.5 Å². The first kappa shape index (κ1) is 27.8. The molecule has 1 atom stereocenters. The second kappa shape index (κ2) is 11.5. The fraction of sp³-hybridized carbons (Fsp3) is 0.185. The number of benzene rings is 3. The van der Waals surface area contributed by atoms with Crippen molar-refractivity contribution >= 4 is 0 Å². The molecule has 0 nitrogen and oxygen atoms in total. The predicted molar refractivity (Wildman–Crippen MR) is 114 cm³/mol. The Hall–Kier alpha value is -1.28. The number of hydrogen-bond donors (Lipinski definition) is 0. The van der Waals surface area contributed by atoms with Crippen LogP contribution in [0.5, 0.6) is 0 Å². The Morgan fingerprint density at radius 1 is 0.645 bits per heavy atom. The van der Waals surface area contributed by atoms with Gasteiger partial charge in [0.15, 0.2) is 0 Å². The van der Waals surface area contributed by atoms with Gasteiger partial charge < -0.3 is 37.2 Å². The van der Waals surface area contributed by atoms with E-state index in [0.717, 1.165) is 0 Å². The van der Waals surface area contributed by atoms with Gasteiger partial charge >= 0.3 is 181 Å². The van der Waals surface area contributed by atoms with Crippen LogP contribution in [-0.2, 0) is 25.9 Å². The summed E-state index contributed by atoms with van der Waals surface area (Å²) in [4.78, 5) is 0. The Morgan fingerprint density at radius 3 is 1.29 bits per heavy atom. The molecule has 0 radical (unpaired) electrons. The summed E-state index contributed by atoms with van der Waals surface area (Å²) in [5.41, 5.74) is 5.07.